The molecule has 0 fully saturated rings. The van der Waals surface area contributed by atoms with Crippen LogP contribution < -0.4 is 5.32 Å². The Bertz CT molecular complexity index is 654. The van der Waals surface area contributed by atoms with Crippen LogP contribution in [0, 0.1) is 0 Å². The highest BCUT2D eigenvalue weighted by Gasteiger charge is 2.19. The Morgan fingerprint density at radius 2 is 2.00 bits per heavy atom. The summed E-state index contributed by atoms with van der Waals surface area (Å²) in [5.41, 5.74) is 0.923. The normalized spacial score (nSPS) is 10.8. The van der Waals surface area contributed by atoms with Crippen molar-refractivity contribution in [3.63, 3.8) is 0 Å². The van der Waals surface area contributed by atoms with Gasteiger partial charge < -0.3 is 15.0 Å². The van der Waals surface area contributed by atoms with E-state index in [-0.39, 0.29) is 5.69 Å². The number of benzene rings is 1. The Balaban J connectivity index is 2.16. The maximum Gasteiger partial charge on any atom is 0.362 e. The SMILES string of the molecule is COC(=O)c1nn(CCCN(C)C)nc1Nc1ccc(Cl)cc1. The third-order valence-electron chi connectivity index (χ3n) is 3.10. The van der Waals surface area contributed by atoms with Crippen molar-refractivity contribution in [3.8, 4) is 0 Å². The van der Waals surface area contributed by atoms with E-state index in [0.29, 0.717) is 17.4 Å². The monoisotopic (exact) mass is 337 g/mol. The number of carbonyl (C=O) groups is 1. The molecule has 1 aromatic heterocycles. The second kappa shape index (κ2) is 7.94. The molecule has 0 radical (unpaired) electrons. The number of methoxy groups -OCH3 is 1. The van der Waals surface area contributed by atoms with E-state index >= 15 is 0 Å². The highest BCUT2D eigenvalue weighted by molar-refractivity contribution is 6.30. The number of nitrogens with zero attached hydrogens (tertiary/aromatic N) is 4. The number of rotatable bonds is 7. The summed E-state index contributed by atoms with van der Waals surface area (Å²) in [5, 5.41) is 12.3. The zero-order valence-corrected chi connectivity index (χ0v) is 14.2. The highest BCUT2D eigenvalue weighted by Crippen LogP contribution is 2.20. The number of anilines is 2. The second-order valence-electron chi connectivity index (χ2n) is 5.27. The van der Waals surface area contributed by atoms with E-state index in [9.17, 15) is 4.79 Å². The summed E-state index contributed by atoms with van der Waals surface area (Å²) in [6, 6.07) is 7.11. The molecule has 2 rings (SSSR count). The standard InChI is InChI=1S/C15H20ClN5O2/c1-20(2)9-4-10-21-18-13(15(22)23-3)14(19-21)17-12-7-5-11(16)6-8-12/h5-8H,4,9-10H2,1-3H3,(H,17,19). The second-order valence-corrected chi connectivity index (χ2v) is 5.71. The Labute approximate surface area is 140 Å². The number of hydrogen-bond acceptors (Lipinski definition) is 6. The van der Waals surface area contributed by atoms with Gasteiger partial charge in [-0.3, -0.25) is 0 Å². The Hall–Kier alpha value is -2.12. The molecule has 0 saturated heterocycles. The lowest BCUT2D eigenvalue weighted by Crippen LogP contribution is -2.16. The number of esters is 1. The van der Waals surface area contributed by atoms with Crippen molar-refractivity contribution < 1.29 is 9.53 Å². The summed E-state index contributed by atoms with van der Waals surface area (Å²) in [4.78, 5) is 15.5. The predicted molar refractivity (Wildman–Crippen MR) is 89.3 cm³/mol. The van der Waals surface area contributed by atoms with E-state index in [4.69, 9.17) is 16.3 Å². The van der Waals surface area contributed by atoms with Crippen molar-refractivity contribution in [1.82, 2.24) is 19.9 Å². The van der Waals surface area contributed by atoms with Crippen molar-refractivity contribution in [2.75, 3.05) is 33.1 Å². The lowest BCUT2D eigenvalue weighted by atomic mass is 10.3. The third-order valence-corrected chi connectivity index (χ3v) is 3.36. The van der Waals surface area contributed by atoms with Gasteiger partial charge in [-0.2, -0.15) is 4.80 Å². The van der Waals surface area contributed by atoms with Gasteiger partial charge in [0.2, 0.25) is 5.69 Å². The van der Waals surface area contributed by atoms with E-state index < -0.39 is 5.97 Å². The molecule has 1 N–H and O–H groups in total. The largest absolute Gasteiger partial charge is 0.464 e. The number of nitrogens with one attached hydrogen (secondary N) is 1. The molecule has 23 heavy (non-hydrogen) atoms. The van der Waals surface area contributed by atoms with Crippen LogP contribution in [-0.2, 0) is 11.3 Å². The molecular weight excluding hydrogens is 318 g/mol. The molecule has 0 atom stereocenters. The van der Waals surface area contributed by atoms with Crippen LogP contribution in [0.2, 0.25) is 5.02 Å². The number of aromatic nitrogens is 3. The molecule has 0 spiro atoms. The van der Waals surface area contributed by atoms with E-state index in [1.54, 1.807) is 24.3 Å². The number of ether oxygens (including phenoxy) is 1. The molecule has 124 valence electrons. The van der Waals surface area contributed by atoms with Crippen LogP contribution >= 0.6 is 11.6 Å². The number of halogens is 1. The van der Waals surface area contributed by atoms with Gasteiger partial charge in [0.05, 0.1) is 13.7 Å². The molecule has 2 aromatic rings. The summed E-state index contributed by atoms with van der Waals surface area (Å²) in [5.74, 6) is -0.163. The first-order valence-electron chi connectivity index (χ1n) is 7.20. The zero-order chi connectivity index (χ0) is 16.8. The highest BCUT2D eigenvalue weighted by atomic mass is 35.5. The molecule has 1 heterocycles. The summed E-state index contributed by atoms with van der Waals surface area (Å²) in [7, 11) is 5.33. The van der Waals surface area contributed by atoms with Crippen molar-refractivity contribution >= 4 is 29.1 Å². The van der Waals surface area contributed by atoms with Gasteiger partial charge in [-0.1, -0.05) is 11.6 Å². The fourth-order valence-electron chi connectivity index (χ4n) is 1.96. The van der Waals surface area contributed by atoms with Crippen molar-refractivity contribution in [3.05, 3.63) is 35.0 Å². The van der Waals surface area contributed by atoms with Gasteiger partial charge in [-0.15, -0.1) is 10.2 Å². The van der Waals surface area contributed by atoms with Crippen molar-refractivity contribution in [2.45, 2.75) is 13.0 Å². The van der Waals surface area contributed by atoms with Crippen LogP contribution in [0.3, 0.4) is 0 Å². The Morgan fingerprint density at radius 1 is 1.30 bits per heavy atom. The summed E-state index contributed by atoms with van der Waals surface area (Å²) in [6.45, 7) is 1.53. The van der Waals surface area contributed by atoms with E-state index in [1.165, 1.54) is 11.9 Å². The first kappa shape index (κ1) is 17.2. The molecule has 1 aromatic carbocycles. The molecule has 7 nitrogen and oxygen atoms in total. The zero-order valence-electron chi connectivity index (χ0n) is 13.4. The van der Waals surface area contributed by atoms with Crippen LogP contribution in [0.25, 0.3) is 0 Å². The summed E-state index contributed by atoms with van der Waals surface area (Å²) >= 11 is 5.87. The minimum atomic E-state index is -0.527. The molecule has 8 heteroatoms. The van der Waals surface area contributed by atoms with Gasteiger partial charge in [-0.25, -0.2) is 4.79 Å². The number of carbonyl (C=O) groups excluding carboxylic acids is 1. The van der Waals surface area contributed by atoms with E-state index in [2.05, 4.69) is 20.4 Å². The smallest absolute Gasteiger partial charge is 0.362 e. The molecule has 0 aliphatic heterocycles. The fraction of sp³-hybridized carbons (Fsp3) is 0.400. The quantitative estimate of drug-likeness (QED) is 0.782. The van der Waals surface area contributed by atoms with Crippen LogP contribution in [0.15, 0.2) is 24.3 Å². The van der Waals surface area contributed by atoms with Crippen molar-refractivity contribution in [2.24, 2.45) is 0 Å². The third kappa shape index (κ3) is 4.94. The topological polar surface area (TPSA) is 72.3 Å². The lowest BCUT2D eigenvalue weighted by Gasteiger charge is -2.07. The fourth-order valence-corrected chi connectivity index (χ4v) is 2.09. The molecular formula is C15H20ClN5O2. The molecule has 0 aliphatic carbocycles. The number of hydrogen-bond donors (Lipinski definition) is 1. The number of aryl methyl sites for hydroxylation is 1. The van der Waals surface area contributed by atoms with Gasteiger partial charge >= 0.3 is 5.97 Å². The van der Waals surface area contributed by atoms with Crippen LogP contribution in [-0.4, -0.2) is 53.6 Å². The van der Waals surface area contributed by atoms with Gasteiger partial charge in [0.15, 0.2) is 5.82 Å². The molecule has 0 unspecified atom stereocenters. The lowest BCUT2D eigenvalue weighted by molar-refractivity contribution is 0.0594. The van der Waals surface area contributed by atoms with Crippen LogP contribution in [0.1, 0.15) is 16.9 Å². The average molecular weight is 338 g/mol. The maximum absolute atomic E-state index is 11.9. The van der Waals surface area contributed by atoms with E-state index in [0.717, 1.165) is 18.7 Å². The first-order chi connectivity index (χ1) is 11.0. The van der Waals surface area contributed by atoms with Gasteiger partial charge in [0.1, 0.15) is 0 Å². The minimum Gasteiger partial charge on any atom is -0.464 e. The minimum absolute atomic E-state index is 0.160. The summed E-state index contributed by atoms with van der Waals surface area (Å²) in [6.07, 6.45) is 0.878. The van der Waals surface area contributed by atoms with Gasteiger partial charge in [0.25, 0.3) is 0 Å². The Kier molecular flexibility index (Phi) is 5.95. The molecule has 0 amide bonds. The molecule has 0 bridgehead atoms. The van der Waals surface area contributed by atoms with Gasteiger partial charge in [0, 0.05) is 10.7 Å². The Morgan fingerprint density at radius 3 is 2.61 bits per heavy atom. The molecule has 0 aliphatic rings. The maximum atomic E-state index is 11.9. The summed E-state index contributed by atoms with van der Waals surface area (Å²) < 4.78 is 4.77. The van der Waals surface area contributed by atoms with Gasteiger partial charge in [-0.05, 0) is 51.3 Å². The van der Waals surface area contributed by atoms with Crippen molar-refractivity contribution in [1.29, 1.82) is 0 Å². The molecule has 0 saturated carbocycles. The first-order valence-corrected chi connectivity index (χ1v) is 7.58. The van der Waals surface area contributed by atoms with E-state index in [1.807, 2.05) is 14.1 Å². The predicted octanol–water partition coefficient (Wildman–Crippen LogP) is 2.41. The van der Waals surface area contributed by atoms with Crippen LogP contribution in [0.4, 0.5) is 11.5 Å². The average Bonchev–Trinajstić information content (AvgIpc) is 2.91. The van der Waals surface area contributed by atoms with Crippen LogP contribution in [0.5, 0.6) is 0 Å².